The van der Waals surface area contributed by atoms with Crippen molar-refractivity contribution >= 4 is 6.09 Å². The molecule has 132 valence electrons. The van der Waals surface area contributed by atoms with E-state index in [9.17, 15) is 9.90 Å². The molecule has 2 unspecified atom stereocenters. The Balaban J connectivity index is 1.82. The maximum atomic E-state index is 12.6. The lowest BCUT2D eigenvalue weighted by Crippen LogP contribution is -2.47. The van der Waals surface area contributed by atoms with Crippen LogP contribution >= 0.6 is 0 Å². The molecule has 1 N–H and O–H groups in total. The van der Waals surface area contributed by atoms with Gasteiger partial charge in [-0.3, -0.25) is 0 Å². The van der Waals surface area contributed by atoms with Gasteiger partial charge in [0.15, 0.2) is 0 Å². The Labute approximate surface area is 144 Å². The Morgan fingerprint density at radius 3 is 2.38 bits per heavy atom. The van der Waals surface area contributed by atoms with E-state index in [1.807, 2.05) is 30.3 Å². The van der Waals surface area contributed by atoms with Crippen molar-refractivity contribution in [1.82, 2.24) is 4.90 Å². The summed E-state index contributed by atoms with van der Waals surface area (Å²) in [7, 11) is 0. The third-order valence-electron chi connectivity index (χ3n) is 5.58. The monoisotopic (exact) mass is 331 g/mol. The second-order valence-electron chi connectivity index (χ2n) is 7.41. The molecule has 0 bridgehead atoms. The number of likely N-dealkylation sites (tertiary alicyclic amines) is 1. The number of carbonyl (C=O) groups excluding carboxylic acids is 1. The summed E-state index contributed by atoms with van der Waals surface area (Å²) in [6.45, 7) is 3.33. The Kier molecular flexibility index (Phi) is 5.44. The van der Waals surface area contributed by atoms with Crippen LogP contribution in [0, 0.1) is 5.92 Å². The molecule has 0 spiro atoms. The molecule has 1 aliphatic heterocycles. The minimum atomic E-state index is -1.17. The van der Waals surface area contributed by atoms with E-state index in [2.05, 4.69) is 0 Å². The van der Waals surface area contributed by atoms with Crippen molar-refractivity contribution in [2.24, 2.45) is 5.92 Å². The van der Waals surface area contributed by atoms with Gasteiger partial charge in [-0.2, -0.15) is 0 Å². The fourth-order valence-corrected chi connectivity index (χ4v) is 4.13. The molecular weight excluding hydrogens is 302 g/mol. The molecular formula is C20H29NO3. The molecule has 24 heavy (non-hydrogen) atoms. The number of rotatable bonds is 4. The highest BCUT2D eigenvalue weighted by Gasteiger charge is 2.43. The average Bonchev–Trinajstić information content (AvgIpc) is 3.15. The maximum Gasteiger partial charge on any atom is 0.410 e. The van der Waals surface area contributed by atoms with E-state index in [1.54, 1.807) is 11.8 Å². The van der Waals surface area contributed by atoms with E-state index in [1.165, 1.54) is 6.42 Å². The van der Waals surface area contributed by atoms with Crippen molar-refractivity contribution in [3.05, 3.63) is 35.9 Å². The van der Waals surface area contributed by atoms with Gasteiger partial charge in [0.1, 0.15) is 11.7 Å². The SMILES string of the molecule is CC(O)(c1ccccc1)C(OC(=O)N1CCCC1)C1CCCCC1. The lowest BCUT2D eigenvalue weighted by molar-refractivity contribution is -0.110. The summed E-state index contributed by atoms with van der Waals surface area (Å²) in [6.07, 6.45) is 6.88. The smallest absolute Gasteiger partial charge is 0.410 e. The van der Waals surface area contributed by atoms with Crippen molar-refractivity contribution in [2.75, 3.05) is 13.1 Å². The lowest BCUT2D eigenvalue weighted by atomic mass is 9.76. The zero-order valence-corrected chi connectivity index (χ0v) is 14.6. The van der Waals surface area contributed by atoms with Crippen molar-refractivity contribution < 1.29 is 14.6 Å². The first-order valence-electron chi connectivity index (χ1n) is 9.32. The van der Waals surface area contributed by atoms with Gasteiger partial charge in [0.05, 0.1) is 0 Å². The van der Waals surface area contributed by atoms with E-state index < -0.39 is 11.7 Å². The standard InChI is InChI=1S/C20H29NO3/c1-20(23,17-12-6-3-7-13-17)18(16-10-4-2-5-11-16)24-19(22)21-14-8-9-15-21/h3,6-7,12-13,16,18,23H,2,4-5,8-11,14-15H2,1H3. The van der Waals surface area contributed by atoms with Crippen LogP contribution in [0.3, 0.4) is 0 Å². The summed E-state index contributed by atoms with van der Waals surface area (Å²) in [5.74, 6) is 0.223. The van der Waals surface area contributed by atoms with Crippen LogP contribution in [-0.2, 0) is 10.3 Å². The quantitative estimate of drug-likeness (QED) is 0.904. The number of hydrogen-bond donors (Lipinski definition) is 1. The van der Waals surface area contributed by atoms with Crippen LogP contribution in [0.2, 0.25) is 0 Å². The minimum absolute atomic E-state index is 0.223. The third-order valence-corrected chi connectivity index (χ3v) is 5.58. The van der Waals surface area contributed by atoms with E-state index in [0.717, 1.165) is 57.2 Å². The Morgan fingerprint density at radius 1 is 1.12 bits per heavy atom. The molecule has 1 saturated heterocycles. The number of ether oxygens (including phenoxy) is 1. The summed E-state index contributed by atoms with van der Waals surface area (Å²) >= 11 is 0. The predicted molar refractivity (Wildman–Crippen MR) is 93.7 cm³/mol. The number of carbonyl (C=O) groups is 1. The van der Waals surface area contributed by atoms with Crippen LogP contribution in [0.25, 0.3) is 0 Å². The first-order valence-corrected chi connectivity index (χ1v) is 9.32. The van der Waals surface area contributed by atoms with Gasteiger partial charge < -0.3 is 14.7 Å². The lowest BCUT2D eigenvalue weighted by Gasteiger charge is -2.40. The van der Waals surface area contributed by atoms with E-state index in [0.29, 0.717) is 0 Å². The Hall–Kier alpha value is -1.55. The van der Waals surface area contributed by atoms with Crippen LogP contribution in [0.4, 0.5) is 4.79 Å². The van der Waals surface area contributed by atoms with Crippen molar-refractivity contribution in [3.63, 3.8) is 0 Å². The third kappa shape index (κ3) is 3.75. The van der Waals surface area contributed by atoms with Gasteiger partial charge in [-0.05, 0) is 44.1 Å². The molecule has 1 aromatic carbocycles. The molecule has 4 heteroatoms. The summed E-state index contributed by atoms with van der Waals surface area (Å²) in [5, 5.41) is 11.3. The minimum Gasteiger partial charge on any atom is -0.442 e. The number of amides is 1. The molecule has 1 saturated carbocycles. The highest BCUT2D eigenvalue weighted by molar-refractivity contribution is 5.68. The number of aliphatic hydroxyl groups is 1. The number of nitrogens with zero attached hydrogens (tertiary/aromatic N) is 1. The predicted octanol–water partition coefficient (Wildman–Crippen LogP) is 4.08. The van der Waals surface area contributed by atoms with Gasteiger partial charge in [0, 0.05) is 13.1 Å². The molecule has 0 aromatic heterocycles. The molecule has 1 aromatic rings. The molecule has 3 rings (SSSR count). The molecule has 2 fully saturated rings. The largest absolute Gasteiger partial charge is 0.442 e. The van der Waals surface area contributed by atoms with Crippen LogP contribution in [0.5, 0.6) is 0 Å². The molecule has 1 aliphatic carbocycles. The van der Waals surface area contributed by atoms with Crippen molar-refractivity contribution in [2.45, 2.75) is 63.6 Å². The summed E-state index contributed by atoms with van der Waals surface area (Å²) in [5.41, 5.74) is -0.353. The van der Waals surface area contributed by atoms with Crippen molar-refractivity contribution in [3.8, 4) is 0 Å². The molecule has 2 aliphatic rings. The molecule has 4 nitrogen and oxygen atoms in total. The Bertz CT molecular complexity index is 531. The average molecular weight is 331 g/mol. The van der Waals surface area contributed by atoms with Crippen molar-refractivity contribution in [1.29, 1.82) is 0 Å². The van der Waals surface area contributed by atoms with E-state index >= 15 is 0 Å². The Morgan fingerprint density at radius 2 is 1.75 bits per heavy atom. The second-order valence-corrected chi connectivity index (χ2v) is 7.41. The van der Waals surface area contributed by atoms with Gasteiger partial charge in [0.2, 0.25) is 0 Å². The zero-order valence-electron chi connectivity index (χ0n) is 14.6. The topological polar surface area (TPSA) is 49.8 Å². The van der Waals surface area contributed by atoms with Gasteiger partial charge in [-0.15, -0.1) is 0 Å². The van der Waals surface area contributed by atoms with E-state index in [4.69, 9.17) is 4.74 Å². The first kappa shape index (κ1) is 17.3. The number of benzene rings is 1. The highest BCUT2D eigenvalue weighted by Crippen LogP contribution is 2.38. The van der Waals surface area contributed by atoms with E-state index in [-0.39, 0.29) is 12.0 Å². The van der Waals surface area contributed by atoms with Crippen LogP contribution in [-0.4, -0.2) is 35.3 Å². The maximum absolute atomic E-state index is 12.6. The van der Waals surface area contributed by atoms with Gasteiger partial charge in [0.25, 0.3) is 0 Å². The first-order chi connectivity index (χ1) is 11.6. The molecule has 0 radical (unpaired) electrons. The normalized spacial score (nSPS) is 22.8. The second kappa shape index (κ2) is 7.56. The van der Waals surface area contributed by atoms with Gasteiger partial charge in [-0.25, -0.2) is 4.79 Å². The van der Waals surface area contributed by atoms with Gasteiger partial charge in [-0.1, -0.05) is 49.6 Å². The summed E-state index contributed by atoms with van der Waals surface area (Å²) < 4.78 is 5.93. The fourth-order valence-electron chi connectivity index (χ4n) is 4.13. The van der Waals surface area contributed by atoms with Gasteiger partial charge >= 0.3 is 6.09 Å². The number of hydrogen-bond acceptors (Lipinski definition) is 3. The molecule has 2 atom stereocenters. The molecule has 1 amide bonds. The van der Waals surface area contributed by atoms with Crippen LogP contribution < -0.4 is 0 Å². The highest BCUT2D eigenvalue weighted by atomic mass is 16.6. The summed E-state index contributed by atoms with van der Waals surface area (Å²) in [4.78, 5) is 14.3. The fraction of sp³-hybridized carbons (Fsp3) is 0.650. The van der Waals surface area contributed by atoms with Crippen LogP contribution in [0.1, 0.15) is 57.4 Å². The summed E-state index contributed by atoms with van der Waals surface area (Å²) in [6, 6.07) is 9.61. The van der Waals surface area contributed by atoms with Crippen LogP contribution in [0.15, 0.2) is 30.3 Å². The molecule has 1 heterocycles. The zero-order chi connectivity index (χ0) is 17.0.